The number of rotatable bonds is 4. The number of aliphatic hydroxyl groups is 1. The Morgan fingerprint density at radius 3 is 2.82 bits per heavy atom. The van der Waals surface area contributed by atoms with Crippen molar-refractivity contribution in [3.8, 4) is 0 Å². The van der Waals surface area contributed by atoms with Crippen LogP contribution >= 0.6 is 0 Å². The van der Waals surface area contributed by atoms with Crippen molar-refractivity contribution in [2.75, 3.05) is 13.7 Å². The molecule has 0 heterocycles. The lowest BCUT2D eigenvalue weighted by Gasteiger charge is -2.12. The molecule has 11 heavy (non-hydrogen) atoms. The third kappa shape index (κ3) is 2.48. The lowest BCUT2D eigenvalue weighted by molar-refractivity contribution is -0.144. The van der Waals surface area contributed by atoms with E-state index in [4.69, 9.17) is 5.11 Å². The Morgan fingerprint density at radius 2 is 2.45 bits per heavy atom. The SMILES string of the molecule is COC(=O)C(CO)NC1CC1. The van der Waals surface area contributed by atoms with Crippen LogP contribution in [-0.2, 0) is 9.53 Å². The van der Waals surface area contributed by atoms with Gasteiger partial charge >= 0.3 is 5.97 Å². The van der Waals surface area contributed by atoms with E-state index in [0.29, 0.717) is 6.04 Å². The predicted octanol–water partition coefficient (Wildman–Crippen LogP) is -0.728. The predicted molar refractivity (Wildman–Crippen MR) is 39.0 cm³/mol. The summed E-state index contributed by atoms with van der Waals surface area (Å²) in [4.78, 5) is 10.9. The summed E-state index contributed by atoms with van der Waals surface area (Å²) in [5.41, 5.74) is 0. The molecule has 0 radical (unpaired) electrons. The van der Waals surface area contributed by atoms with Crippen LogP contribution in [0.1, 0.15) is 12.8 Å². The van der Waals surface area contributed by atoms with E-state index in [1.54, 1.807) is 0 Å². The molecule has 1 rings (SSSR count). The third-order valence-electron chi connectivity index (χ3n) is 1.68. The highest BCUT2D eigenvalue weighted by Gasteiger charge is 2.28. The van der Waals surface area contributed by atoms with Crippen LogP contribution in [0.15, 0.2) is 0 Å². The van der Waals surface area contributed by atoms with E-state index < -0.39 is 6.04 Å². The molecule has 64 valence electrons. The summed E-state index contributed by atoms with van der Waals surface area (Å²) in [7, 11) is 1.32. The Morgan fingerprint density at radius 1 is 1.82 bits per heavy atom. The van der Waals surface area contributed by atoms with Crippen molar-refractivity contribution in [3.05, 3.63) is 0 Å². The van der Waals surface area contributed by atoms with Crippen LogP contribution in [0.5, 0.6) is 0 Å². The first-order valence-corrected chi connectivity index (χ1v) is 3.72. The molecule has 1 fully saturated rings. The number of hydrogen-bond donors (Lipinski definition) is 2. The number of aliphatic hydroxyl groups excluding tert-OH is 1. The number of methoxy groups -OCH3 is 1. The zero-order chi connectivity index (χ0) is 8.27. The summed E-state index contributed by atoms with van der Waals surface area (Å²) in [6.07, 6.45) is 2.18. The molecule has 0 amide bonds. The maximum absolute atomic E-state index is 10.9. The summed E-state index contributed by atoms with van der Waals surface area (Å²) in [6.45, 7) is -0.191. The van der Waals surface area contributed by atoms with Gasteiger partial charge in [-0.2, -0.15) is 0 Å². The van der Waals surface area contributed by atoms with Crippen LogP contribution in [-0.4, -0.2) is 36.9 Å². The topological polar surface area (TPSA) is 58.6 Å². The summed E-state index contributed by atoms with van der Waals surface area (Å²) < 4.78 is 4.47. The molecule has 0 aliphatic heterocycles. The zero-order valence-electron chi connectivity index (χ0n) is 6.54. The van der Waals surface area contributed by atoms with Gasteiger partial charge in [-0.05, 0) is 12.8 Å². The molecule has 1 unspecified atom stereocenters. The normalized spacial score (nSPS) is 19.5. The molecule has 0 spiro atoms. The largest absolute Gasteiger partial charge is 0.468 e. The Kier molecular flexibility index (Phi) is 2.84. The molecule has 0 aromatic heterocycles. The second kappa shape index (κ2) is 3.69. The van der Waals surface area contributed by atoms with E-state index in [2.05, 4.69) is 10.1 Å². The Hall–Kier alpha value is -0.610. The molecule has 0 saturated heterocycles. The number of ether oxygens (including phenoxy) is 1. The maximum atomic E-state index is 10.9. The van der Waals surface area contributed by atoms with Gasteiger partial charge in [-0.1, -0.05) is 0 Å². The Bertz CT molecular complexity index is 145. The van der Waals surface area contributed by atoms with Gasteiger partial charge in [0.1, 0.15) is 6.04 Å². The van der Waals surface area contributed by atoms with Crippen molar-refractivity contribution in [2.45, 2.75) is 24.9 Å². The lowest BCUT2D eigenvalue weighted by atomic mass is 10.3. The van der Waals surface area contributed by atoms with E-state index in [1.165, 1.54) is 7.11 Å². The average Bonchev–Trinajstić information content (AvgIpc) is 2.82. The van der Waals surface area contributed by atoms with Gasteiger partial charge in [-0.15, -0.1) is 0 Å². The van der Waals surface area contributed by atoms with Gasteiger partial charge in [0.15, 0.2) is 0 Å². The van der Waals surface area contributed by atoms with Crippen LogP contribution in [0, 0.1) is 0 Å². The van der Waals surface area contributed by atoms with Crippen molar-refractivity contribution in [1.29, 1.82) is 0 Å². The van der Waals surface area contributed by atoms with Crippen molar-refractivity contribution in [3.63, 3.8) is 0 Å². The van der Waals surface area contributed by atoms with E-state index in [9.17, 15) is 4.79 Å². The molecule has 1 aliphatic carbocycles. The van der Waals surface area contributed by atoms with E-state index in [1.807, 2.05) is 0 Å². The summed E-state index contributed by atoms with van der Waals surface area (Å²) >= 11 is 0. The molecular formula is C7H13NO3. The van der Waals surface area contributed by atoms with E-state index in [0.717, 1.165) is 12.8 Å². The standard InChI is InChI=1S/C7H13NO3/c1-11-7(10)6(4-9)8-5-2-3-5/h5-6,8-9H,2-4H2,1H3. The van der Waals surface area contributed by atoms with Crippen molar-refractivity contribution in [1.82, 2.24) is 5.32 Å². The average molecular weight is 159 g/mol. The van der Waals surface area contributed by atoms with Crippen molar-refractivity contribution < 1.29 is 14.6 Å². The molecule has 4 nitrogen and oxygen atoms in total. The van der Waals surface area contributed by atoms with Crippen LogP contribution in [0.4, 0.5) is 0 Å². The van der Waals surface area contributed by atoms with Crippen molar-refractivity contribution >= 4 is 5.97 Å². The molecule has 1 atom stereocenters. The first-order valence-electron chi connectivity index (χ1n) is 3.72. The summed E-state index contributed by atoms with van der Waals surface area (Å²) in [5.74, 6) is -0.389. The number of carbonyl (C=O) groups excluding carboxylic acids is 1. The molecule has 1 saturated carbocycles. The van der Waals surface area contributed by atoms with E-state index >= 15 is 0 Å². The van der Waals surface area contributed by atoms with Crippen LogP contribution in [0.25, 0.3) is 0 Å². The quantitative estimate of drug-likeness (QED) is 0.531. The van der Waals surface area contributed by atoms with Gasteiger partial charge < -0.3 is 9.84 Å². The van der Waals surface area contributed by atoms with Gasteiger partial charge in [-0.25, -0.2) is 0 Å². The molecule has 0 aromatic rings. The van der Waals surface area contributed by atoms with E-state index in [-0.39, 0.29) is 12.6 Å². The fraction of sp³-hybridized carbons (Fsp3) is 0.857. The monoisotopic (exact) mass is 159 g/mol. The maximum Gasteiger partial charge on any atom is 0.325 e. The fourth-order valence-electron chi connectivity index (χ4n) is 0.872. The van der Waals surface area contributed by atoms with Crippen molar-refractivity contribution in [2.24, 2.45) is 0 Å². The zero-order valence-corrected chi connectivity index (χ0v) is 6.54. The number of hydrogen-bond acceptors (Lipinski definition) is 4. The first kappa shape index (κ1) is 8.49. The van der Waals surface area contributed by atoms with Gasteiger partial charge in [0.25, 0.3) is 0 Å². The van der Waals surface area contributed by atoms with Gasteiger partial charge in [0, 0.05) is 6.04 Å². The summed E-state index contributed by atoms with van der Waals surface area (Å²) in [5, 5.41) is 11.7. The smallest absolute Gasteiger partial charge is 0.325 e. The van der Waals surface area contributed by atoms with Crippen LogP contribution < -0.4 is 5.32 Å². The highest BCUT2D eigenvalue weighted by Crippen LogP contribution is 2.19. The number of carbonyl (C=O) groups is 1. The molecule has 2 N–H and O–H groups in total. The minimum Gasteiger partial charge on any atom is -0.468 e. The molecule has 0 aromatic carbocycles. The highest BCUT2D eigenvalue weighted by atomic mass is 16.5. The summed E-state index contributed by atoms with van der Waals surface area (Å²) in [6, 6.07) is -0.126. The molecule has 0 bridgehead atoms. The Labute approximate surface area is 65.5 Å². The second-order valence-electron chi connectivity index (χ2n) is 2.70. The number of esters is 1. The van der Waals surface area contributed by atoms with Gasteiger partial charge in [-0.3, -0.25) is 10.1 Å². The van der Waals surface area contributed by atoms with Gasteiger partial charge in [0.05, 0.1) is 13.7 Å². The first-order chi connectivity index (χ1) is 5.27. The lowest BCUT2D eigenvalue weighted by Crippen LogP contribution is -2.41. The fourth-order valence-corrected chi connectivity index (χ4v) is 0.872. The third-order valence-corrected chi connectivity index (χ3v) is 1.68. The second-order valence-corrected chi connectivity index (χ2v) is 2.70. The Balaban J connectivity index is 2.27. The number of nitrogens with one attached hydrogen (secondary N) is 1. The van der Waals surface area contributed by atoms with Crippen LogP contribution in [0.2, 0.25) is 0 Å². The molecule has 1 aliphatic rings. The minimum absolute atomic E-state index is 0.191. The molecular weight excluding hydrogens is 146 g/mol. The van der Waals surface area contributed by atoms with Gasteiger partial charge in [0.2, 0.25) is 0 Å². The highest BCUT2D eigenvalue weighted by molar-refractivity contribution is 5.75. The minimum atomic E-state index is -0.535. The molecule has 4 heteroatoms. The van der Waals surface area contributed by atoms with Crippen LogP contribution in [0.3, 0.4) is 0 Å².